The van der Waals surface area contributed by atoms with Crippen molar-refractivity contribution in [2.24, 2.45) is 0 Å². The van der Waals surface area contributed by atoms with Crippen LogP contribution >= 0.6 is 34.5 Å². The number of rotatable bonds is 5. The van der Waals surface area contributed by atoms with Gasteiger partial charge in [-0.2, -0.15) is 0 Å². The lowest BCUT2D eigenvalue weighted by atomic mass is 10.1. The monoisotopic (exact) mass is 411 g/mol. The summed E-state index contributed by atoms with van der Waals surface area (Å²) in [7, 11) is 0. The molecule has 0 fully saturated rings. The number of aromatic nitrogens is 2. The standard InChI is InChI=1S/C18H16Cl2FN3OS/c1-10(2)12-6-15(17(25)23-18-22-7-16(20)26-18)24(9-12)8-11-3-4-14(21)13(19)5-11/h3-7,9-10H,8H2,1-2H3,(H,22,23,25). The average Bonchev–Trinajstić information content (AvgIpc) is 3.17. The van der Waals surface area contributed by atoms with Gasteiger partial charge in [0.15, 0.2) is 5.13 Å². The van der Waals surface area contributed by atoms with E-state index in [1.165, 1.54) is 23.6 Å². The van der Waals surface area contributed by atoms with Gasteiger partial charge in [0.25, 0.3) is 5.91 Å². The highest BCUT2D eigenvalue weighted by atomic mass is 35.5. The van der Waals surface area contributed by atoms with E-state index in [2.05, 4.69) is 24.1 Å². The van der Waals surface area contributed by atoms with Crippen molar-refractivity contribution in [2.75, 3.05) is 5.32 Å². The zero-order valence-corrected chi connectivity index (χ0v) is 16.4. The summed E-state index contributed by atoms with van der Waals surface area (Å²) in [5.41, 5.74) is 2.31. The van der Waals surface area contributed by atoms with E-state index in [1.54, 1.807) is 12.1 Å². The van der Waals surface area contributed by atoms with Crippen LogP contribution in [0.2, 0.25) is 9.36 Å². The first kappa shape index (κ1) is 18.9. The first-order valence-electron chi connectivity index (χ1n) is 7.90. The lowest BCUT2D eigenvalue weighted by molar-refractivity contribution is 0.101. The van der Waals surface area contributed by atoms with Crippen LogP contribution in [-0.4, -0.2) is 15.5 Å². The molecule has 4 nitrogen and oxygen atoms in total. The lowest BCUT2D eigenvalue weighted by Crippen LogP contribution is -2.17. The van der Waals surface area contributed by atoms with E-state index in [4.69, 9.17) is 23.2 Å². The van der Waals surface area contributed by atoms with Gasteiger partial charge in [-0.3, -0.25) is 10.1 Å². The van der Waals surface area contributed by atoms with Gasteiger partial charge in [-0.15, -0.1) is 0 Å². The Balaban J connectivity index is 1.90. The SMILES string of the molecule is CC(C)c1cc(C(=O)Nc2ncc(Cl)s2)n(Cc2ccc(F)c(Cl)c2)c1. The third-order valence-electron chi connectivity index (χ3n) is 3.85. The molecule has 1 amide bonds. The van der Waals surface area contributed by atoms with Gasteiger partial charge in [0.1, 0.15) is 15.8 Å². The van der Waals surface area contributed by atoms with Crippen LogP contribution in [0.1, 0.15) is 41.4 Å². The zero-order valence-electron chi connectivity index (χ0n) is 14.1. The second-order valence-corrected chi connectivity index (χ2v) is 8.18. The Hall–Kier alpha value is -1.89. The number of benzene rings is 1. The second-order valence-electron chi connectivity index (χ2n) is 6.11. The first-order valence-corrected chi connectivity index (χ1v) is 9.47. The summed E-state index contributed by atoms with van der Waals surface area (Å²) < 4.78 is 15.7. The van der Waals surface area contributed by atoms with Crippen LogP contribution in [0.15, 0.2) is 36.7 Å². The van der Waals surface area contributed by atoms with Gasteiger partial charge < -0.3 is 4.57 Å². The van der Waals surface area contributed by atoms with E-state index < -0.39 is 5.82 Å². The molecule has 1 aromatic carbocycles. The predicted octanol–water partition coefficient (Wildman–Crippen LogP) is 5.81. The molecule has 2 heterocycles. The minimum absolute atomic E-state index is 0.0576. The number of nitrogens with one attached hydrogen (secondary N) is 1. The maximum Gasteiger partial charge on any atom is 0.274 e. The van der Waals surface area contributed by atoms with Crippen molar-refractivity contribution in [3.05, 3.63) is 68.7 Å². The number of halogens is 3. The predicted molar refractivity (Wildman–Crippen MR) is 104 cm³/mol. The van der Waals surface area contributed by atoms with Crippen LogP contribution in [0.3, 0.4) is 0 Å². The van der Waals surface area contributed by atoms with Gasteiger partial charge in [-0.25, -0.2) is 9.37 Å². The molecular formula is C18H16Cl2FN3OS. The molecule has 3 rings (SSSR count). The number of amides is 1. The smallest absolute Gasteiger partial charge is 0.274 e. The summed E-state index contributed by atoms with van der Waals surface area (Å²) in [5, 5.41) is 3.25. The van der Waals surface area contributed by atoms with E-state index in [9.17, 15) is 9.18 Å². The fourth-order valence-corrected chi connectivity index (χ4v) is 3.49. The highest BCUT2D eigenvalue weighted by molar-refractivity contribution is 7.19. The average molecular weight is 412 g/mol. The summed E-state index contributed by atoms with van der Waals surface area (Å²) >= 11 is 12.9. The Bertz CT molecular complexity index is 952. The summed E-state index contributed by atoms with van der Waals surface area (Å²) in [6.07, 6.45) is 3.41. The van der Waals surface area contributed by atoms with Gasteiger partial charge in [0.2, 0.25) is 0 Å². The fraction of sp³-hybridized carbons (Fsp3) is 0.222. The van der Waals surface area contributed by atoms with Crippen molar-refractivity contribution in [2.45, 2.75) is 26.3 Å². The maximum absolute atomic E-state index is 13.4. The molecule has 26 heavy (non-hydrogen) atoms. The van der Waals surface area contributed by atoms with Crippen molar-refractivity contribution in [1.29, 1.82) is 0 Å². The largest absolute Gasteiger partial charge is 0.339 e. The van der Waals surface area contributed by atoms with Crippen molar-refractivity contribution in [1.82, 2.24) is 9.55 Å². The van der Waals surface area contributed by atoms with Crippen molar-refractivity contribution in [3.63, 3.8) is 0 Å². The molecule has 0 aliphatic carbocycles. The quantitative estimate of drug-likeness (QED) is 0.575. The molecule has 2 aromatic heterocycles. The zero-order chi connectivity index (χ0) is 18.8. The second kappa shape index (κ2) is 7.78. The Morgan fingerprint density at radius 1 is 1.35 bits per heavy atom. The minimum Gasteiger partial charge on any atom is -0.339 e. The molecule has 0 aliphatic heterocycles. The van der Waals surface area contributed by atoms with Gasteiger partial charge in [-0.05, 0) is 35.2 Å². The molecule has 3 aromatic rings. The minimum atomic E-state index is -0.468. The highest BCUT2D eigenvalue weighted by Gasteiger charge is 2.17. The number of hydrogen-bond donors (Lipinski definition) is 1. The topological polar surface area (TPSA) is 46.9 Å². The summed E-state index contributed by atoms with van der Waals surface area (Å²) in [4.78, 5) is 16.7. The molecule has 0 bridgehead atoms. The highest BCUT2D eigenvalue weighted by Crippen LogP contribution is 2.25. The fourth-order valence-electron chi connectivity index (χ4n) is 2.48. The third kappa shape index (κ3) is 4.26. The summed E-state index contributed by atoms with van der Waals surface area (Å²) in [6.45, 7) is 4.50. The van der Waals surface area contributed by atoms with Crippen molar-refractivity contribution < 1.29 is 9.18 Å². The summed E-state index contributed by atoms with van der Waals surface area (Å²) in [6, 6.07) is 6.38. The van der Waals surface area contributed by atoms with Crippen LogP contribution in [0.4, 0.5) is 9.52 Å². The van der Waals surface area contributed by atoms with Gasteiger partial charge in [0, 0.05) is 12.7 Å². The number of anilines is 1. The van der Waals surface area contributed by atoms with Crippen molar-refractivity contribution >= 4 is 45.6 Å². The first-order chi connectivity index (χ1) is 12.3. The van der Waals surface area contributed by atoms with E-state index in [0.717, 1.165) is 11.1 Å². The van der Waals surface area contributed by atoms with Gasteiger partial charge >= 0.3 is 0 Å². The van der Waals surface area contributed by atoms with Gasteiger partial charge in [-0.1, -0.05) is 54.5 Å². The number of thiazole rings is 1. The Morgan fingerprint density at radius 2 is 2.12 bits per heavy atom. The Morgan fingerprint density at radius 3 is 2.73 bits per heavy atom. The van der Waals surface area contributed by atoms with Crippen LogP contribution in [0.25, 0.3) is 0 Å². The molecule has 0 unspecified atom stereocenters. The third-order valence-corrected chi connectivity index (χ3v) is 5.17. The van der Waals surface area contributed by atoms with E-state index in [0.29, 0.717) is 21.7 Å². The van der Waals surface area contributed by atoms with E-state index >= 15 is 0 Å². The van der Waals surface area contributed by atoms with Gasteiger partial charge in [0.05, 0.1) is 11.2 Å². The van der Waals surface area contributed by atoms with Crippen LogP contribution in [0.5, 0.6) is 0 Å². The number of hydrogen-bond acceptors (Lipinski definition) is 3. The van der Waals surface area contributed by atoms with Crippen molar-refractivity contribution in [3.8, 4) is 0 Å². The normalized spacial score (nSPS) is 11.2. The molecule has 0 saturated carbocycles. The molecule has 0 spiro atoms. The molecule has 136 valence electrons. The van der Waals surface area contributed by atoms with Crippen LogP contribution < -0.4 is 5.32 Å². The number of nitrogens with zero attached hydrogens (tertiary/aromatic N) is 2. The van der Waals surface area contributed by atoms with E-state index in [1.807, 2.05) is 16.8 Å². The molecule has 0 atom stereocenters. The number of carbonyl (C=O) groups excluding carboxylic acids is 1. The summed E-state index contributed by atoms with van der Waals surface area (Å²) in [5.74, 6) is -0.491. The van der Waals surface area contributed by atoms with Crippen LogP contribution in [-0.2, 0) is 6.54 Å². The Kier molecular flexibility index (Phi) is 5.65. The maximum atomic E-state index is 13.4. The molecule has 0 aliphatic rings. The lowest BCUT2D eigenvalue weighted by Gasteiger charge is -2.09. The molecule has 0 radical (unpaired) electrons. The molecule has 8 heteroatoms. The van der Waals surface area contributed by atoms with E-state index in [-0.39, 0.29) is 16.8 Å². The molecule has 1 N–H and O–H groups in total. The number of carbonyl (C=O) groups is 1. The molecular weight excluding hydrogens is 396 g/mol. The Labute approximate surface area is 164 Å². The molecule has 0 saturated heterocycles. The van der Waals surface area contributed by atoms with Crippen LogP contribution in [0, 0.1) is 5.82 Å².